The molecular formula is C17H14F4N2O2. The van der Waals surface area contributed by atoms with E-state index in [4.69, 9.17) is 10.00 Å². The second-order valence-electron chi connectivity index (χ2n) is 5.15. The van der Waals surface area contributed by atoms with Crippen LogP contribution in [0.3, 0.4) is 0 Å². The van der Waals surface area contributed by atoms with Crippen LogP contribution in [0, 0.1) is 17.1 Å². The first-order valence-electron chi connectivity index (χ1n) is 7.22. The fourth-order valence-electron chi connectivity index (χ4n) is 2.03. The fourth-order valence-corrected chi connectivity index (χ4v) is 2.03. The van der Waals surface area contributed by atoms with E-state index in [1.807, 2.05) is 0 Å². The Kier molecular flexibility index (Phi) is 5.83. The van der Waals surface area contributed by atoms with E-state index in [0.717, 1.165) is 18.2 Å². The molecule has 1 unspecified atom stereocenters. The third kappa shape index (κ3) is 5.09. The van der Waals surface area contributed by atoms with E-state index in [1.54, 1.807) is 6.07 Å². The summed E-state index contributed by atoms with van der Waals surface area (Å²) in [4.78, 5) is 0. The number of nitrogens with one attached hydrogen (secondary N) is 1. The molecule has 0 fully saturated rings. The van der Waals surface area contributed by atoms with Crippen molar-refractivity contribution in [2.75, 3.05) is 18.5 Å². The summed E-state index contributed by atoms with van der Waals surface area (Å²) in [6, 6.07) is 10.0. The summed E-state index contributed by atoms with van der Waals surface area (Å²) in [6.07, 6.45) is -5.56. The molecule has 0 radical (unpaired) electrons. The maximum absolute atomic E-state index is 13.4. The number of rotatable bonds is 6. The Hall–Kier alpha value is -2.79. The third-order valence-corrected chi connectivity index (χ3v) is 3.26. The van der Waals surface area contributed by atoms with Crippen molar-refractivity contribution < 1.29 is 27.4 Å². The van der Waals surface area contributed by atoms with Gasteiger partial charge in [-0.2, -0.15) is 18.4 Å². The van der Waals surface area contributed by atoms with Crippen molar-refractivity contribution in [3.8, 4) is 11.8 Å². The summed E-state index contributed by atoms with van der Waals surface area (Å²) >= 11 is 0. The lowest BCUT2D eigenvalue weighted by Gasteiger charge is -2.15. The van der Waals surface area contributed by atoms with Gasteiger partial charge in [0.25, 0.3) is 0 Å². The summed E-state index contributed by atoms with van der Waals surface area (Å²) in [5.41, 5.74) is -0.829. The first-order valence-corrected chi connectivity index (χ1v) is 7.22. The largest absolute Gasteiger partial charge is 0.491 e. The molecule has 0 spiro atoms. The quantitative estimate of drug-likeness (QED) is 0.779. The maximum atomic E-state index is 13.4. The van der Waals surface area contributed by atoms with Gasteiger partial charge in [0.05, 0.1) is 11.3 Å². The van der Waals surface area contributed by atoms with Gasteiger partial charge in [-0.15, -0.1) is 0 Å². The number of hydrogen-bond acceptors (Lipinski definition) is 4. The van der Waals surface area contributed by atoms with Crippen molar-refractivity contribution in [2.24, 2.45) is 0 Å². The number of anilines is 1. The molecule has 4 nitrogen and oxygen atoms in total. The van der Waals surface area contributed by atoms with E-state index in [-0.39, 0.29) is 30.2 Å². The molecule has 0 aliphatic carbocycles. The van der Waals surface area contributed by atoms with E-state index in [0.29, 0.717) is 0 Å². The minimum absolute atomic E-state index is 0.0302. The molecule has 2 aromatic carbocycles. The Morgan fingerprint density at radius 1 is 1.20 bits per heavy atom. The zero-order valence-electron chi connectivity index (χ0n) is 12.8. The van der Waals surface area contributed by atoms with Crippen LogP contribution >= 0.6 is 0 Å². The Morgan fingerprint density at radius 2 is 1.92 bits per heavy atom. The van der Waals surface area contributed by atoms with Crippen molar-refractivity contribution >= 4 is 5.69 Å². The predicted molar refractivity (Wildman–Crippen MR) is 82.6 cm³/mol. The number of aliphatic hydroxyl groups excluding tert-OH is 1. The zero-order chi connectivity index (χ0) is 18.4. The molecule has 2 rings (SSSR count). The summed E-state index contributed by atoms with van der Waals surface area (Å²) in [5, 5.41) is 21.5. The van der Waals surface area contributed by atoms with Gasteiger partial charge in [0.1, 0.15) is 35.9 Å². The van der Waals surface area contributed by atoms with Crippen molar-refractivity contribution in [2.45, 2.75) is 12.3 Å². The normalized spacial score (nSPS) is 12.3. The molecule has 0 aliphatic rings. The van der Waals surface area contributed by atoms with Crippen LogP contribution in [0.15, 0.2) is 42.5 Å². The van der Waals surface area contributed by atoms with Crippen LogP contribution in [-0.4, -0.2) is 24.4 Å². The van der Waals surface area contributed by atoms with Gasteiger partial charge in [-0.1, -0.05) is 12.1 Å². The lowest BCUT2D eigenvalue weighted by molar-refractivity contribution is -0.137. The summed E-state index contributed by atoms with van der Waals surface area (Å²) in [6.45, 7) is -0.345. The molecule has 2 aromatic rings. The number of benzene rings is 2. The van der Waals surface area contributed by atoms with Crippen molar-refractivity contribution in [3.05, 3.63) is 59.4 Å². The SMILES string of the molecule is N#Cc1c(F)cccc1NCC(O)COc1cccc(C(F)(F)F)c1. The molecular weight excluding hydrogens is 340 g/mol. The van der Waals surface area contributed by atoms with Crippen LogP contribution in [0.1, 0.15) is 11.1 Å². The van der Waals surface area contributed by atoms with Crippen LogP contribution in [0.25, 0.3) is 0 Å². The summed E-state index contributed by atoms with van der Waals surface area (Å²) in [5.74, 6) is -0.723. The molecule has 25 heavy (non-hydrogen) atoms. The zero-order valence-corrected chi connectivity index (χ0v) is 12.8. The van der Waals surface area contributed by atoms with E-state index in [9.17, 15) is 22.7 Å². The second-order valence-corrected chi connectivity index (χ2v) is 5.15. The van der Waals surface area contributed by atoms with Gasteiger partial charge < -0.3 is 15.2 Å². The molecule has 0 aromatic heterocycles. The third-order valence-electron chi connectivity index (χ3n) is 3.26. The first-order chi connectivity index (χ1) is 11.8. The molecule has 8 heteroatoms. The van der Waals surface area contributed by atoms with E-state index >= 15 is 0 Å². The van der Waals surface area contributed by atoms with Crippen molar-refractivity contribution in [3.63, 3.8) is 0 Å². The van der Waals surface area contributed by atoms with E-state index in [2.05, 4.69) is 5.32 Å². The molecule has 132 valence electrons. The highest BCUT2D eigenvalue weighted by atomic mass is 19.4. The Bertz CT molecular complexity index is 772. The summed E-state index contributed by atoms with van der Waals surface area (Å²) in [7, 11) is 0. The van der Waals surface area contributed by atoms with Crippen LogP contribution in [0.4, 0.5) is 23.2 Å². The minimum Gasteiger partial charge on any atom is -0.491 e. The first kappa shape index (κ1) is 18.5. The monoisotopic (exact) mass is 354 g/mol. The highest BCUT2D eigenvalue weighted by molar-refractivity contribution is 5.57. The van der Waals surface area contributed by atoms with Gasteiger partial charge in [0.2, 0.25) is 0 Å². The predicted octanol–water partition coefficient (Wildman–Crippen LogP) is 3.57. The lowest BCUT2D eigenvalue weighted by atomic mass is 10.2. The topological polar surface area (TPSA) is 65.3 Å². The number of hydrogen-bond donors (Lipinski definition) is 2. The Labute approximate surface area is 141 Å². The lowest BCUT2D eigenvalue weighted by Crippen LogP contribution is -2.26. The van der Waals surface area contributed by atoms with E-state index < -0.39 is 23.7 Å². The van der Waals surface area contributed by atoms with Gasteiger partial charge in [0.15, 0.2) is 0 Å². The van der Waals surface area contributed by atoms with Gasteiger partial charge in [0, 0.05) is 6.54 Å². The molecule has 0 heterocycles. The van der Waals surface area contributed by atoms with Crippen LogP contribution in [0.2, 0.25) is 0 Å². The van der Waals surface area contributed by atoms with Gasteiger partial charge in [-0.25, -0.2) is 4.39 Å². The maximum Gasteiger partial charge on any atom is 0.416 e. The number of halogens is 4. The Morgan fingerprint density at radius 3 is 2.60 bits per heavy atom. The summed E-state index contributed by atoms with van der Waals surface area (Å²) < 4.78 is 56.4. The number of aliphatic hydroxyl groups is 1. The second kappa shape index (κ2) is 7.85. The number of nitrogens with zero attached hydrogens (tertiary/aromatic N) is 1. The van der Waals surface area contributed by atoms with Crippen LogP contribution < -0.4 is 10.1 Å². The molecule has 0 saturated heterocycles. The van der Waals surface area contributed by atoms with Crippen molar-refractivity contribution in [1.82, 2.24) is 0 Å². The molecule has 2 N–H and O–H groups in total. The molecule has 0 aliphatic heterocycles. The molecule has 0 bridgehead atoms. The average molecular weight is 354 g/mol. The smallest absolute Gasteiger partial charge is 0.416 e. The van der Waals surface area contributed by atoms with Crippen LogP contribution in [-0.2, 0) is 6.18 Å². The number of ether oxygens (including phenoxy) is 1. The minimum atomic E-state index is -4.48. The van der Waals surface area contributed by atoms with Crippen molar-refractivity contribution in [1.29, 1.82) is 5.26 Å². The highest BCUT2D eigenvalue weighted by Gasteiger charge is 2.30. The van der Waals surface area contributed by atoms with Gasteiger partial charge >= 0.3 is 6.18 Å². The average Bonchev–Trinajstić information content (AvgIpc) is 2.57. The van der Waals surface area contributed by atoms with Gasteiger partial charge in [-0.05, 0) is 30.3 Å². The number of nitriles is 1. The van der Waals surface area contributed by atoms with Crippen LogP contribution in [0.5, 0.6) is 5.75 Å². The Balaban J connectivity index is 1.91. The molecule has 1 atom stereocenters. The molecule has 0 amide bonds. The van der Waals surface area contributed by atoms with E-state index in [1.165, 1.54) is 24.3 Å². The standard InChI is InChI=1S/C17H14F4N2O2/c18-15-5-2-6-16(14(15)8-22)23-9-12(24)10-25-13-4-1-3-11(7-13)17(19,20)21/h1-7,12,23-24H,9-10H2. The number of alkyl halides is 3. The van der Waals surface area contributed by atoms with Gasteiger partial charge in [-0.3, -0.25) is 0 Å². The fraction of sp³-hybridized carbons (Fsp3) is 0.235. The highest BCUT2D eigenvalue weighted by Crippen LogP contribution is 2.31. The molecule has 0 saturated carbocycles.